The van der Waals surface area contributed by atoms with Gasteiger partial charge in [0.05, 0.1) is 33.0 Å². The summed E-state index contributed by atoms with van der Waals surface area (Å²) in [6.07, 6.45) is 7.35. The van der Waals surface area contributed by atoms with Gasteiger partial charge < -0.3 is 24.2 Å². The molecule has 0 bridgehead atoms. The minimum atomic E-state index is -0.797. The smallest absolute Gasteiger partial charge is 0.247 e. The Morgan fingerprint density at radius 3 is 2.35 bits per heavy atom. The van der Waals surface area contributed by atoms with Crippen LogP contribution in [0.3, 0.4) is 0 Å². The molecule has 7 heteroatoms. The molecule has 1 aliphatic carbocycles. The maximum Gasteiger partial charge on any atom is 0.247 e. The van der Waals surface area contributed by atoms with Gasteiger partial charge in [0.15, 0.2) is 11.5 Å². The van der Waals surface area contributed by atoms with Crippen LogP contribution in [0.4, 0.5) is 4.39 Å². The van der Waals surface area contributed by atoms with Crippen molar-refractivity contribution in [2.75, 3.05) is 27.9 Å². The fourth-order valence-electron chi connectivity index (χ4n) is 5.46. The van der Waals surface area contributed by atoms with Crippen LogP contribution in [0.15, 0.2) is 42.5 Å². The number of carbonyl (C=O) groups is 1. The molecular weight excluding hydrogens is 437 g/mol. The summed E-state index contributed by atoms with van der Waals surface area (Å²) >= 11 is 0. The number of hydrogen-bond donors (Lipinski definition) is 1. The van der Waals surface area contributed by atoms with Crippen molar-refractivity contribution in [3.05, 3.63) is 59.4 Å². The molecule has 0 radical (unpaired) electrons. The van der Waals surface area contributed by atoms with Gasteiger partial charge in [-0.15, -0.1) is 0 Å². The first-order valence-corrected chi connectivity index (χ1v) is 11.7. The second-order valence-corrected chi connectivity index (χ2v) is 9.03. The van der Waals surface area contributed by atoms with Crippen molar-refractivity contribution in [2.45, 2.75) is 43.7 Å². The van der Waals surface area contributed by atoms with Gasteiger partial charge in [0.2, 0.25) is 11.7 Å². The van der Waals surface area contributed by atoms with Gasteiger partial charge in [0, 0.05) is 18.5 Å². The summed E-state index contributed by atoms with van der Waals surface area (Å²) in [6.45, 7) is 0.438. The van der Waals surface area contributed by atoms with E-state index in [1.165, 1.54) is 25.3 Å². The lowest BCUT2D eigenvalue weighted by Gasteiger charge is -2.52. The van der Waals surface area contributed by atoms with E-state index in [9.17, 15) is 14.3 Å². The summed E-state index contributed by atoms with van der Waals surface area (Å²) in [5, 5.41) is 11.4. The van der Waals surface area contributed by atoms with Crippen LogP contribution >= 0.6 is 0 Å². The highest BCUT2D eigenvalue weighted by Gasteiger charge is 2.49. The van der Waals surface area contributed by atoms with E-state index in [0.717, 1.165) is 36.8 Å². The zero-order valence-electron chi connectivity index (χ0n) is 19.9. The number of hydrogen-bond acceptors (Lipinski definition) is 5. The number of fused-ring (bicyclic) bond motifs is 1. The van der Waals surface area contributed by atoms with Gasteiger partial charge in [0.25, 0.3) is 0 Å². The average Bonchev–Trinajstić information content (AvgIpc) is 2.86. The second-order valence-electron chi connectivity index (χ2n) is 9.03. The van der Waals surface area contributed by atoms with Crippen LogP contribution in [-0.4, -0.2) is 49.4 Å². The molecule has 2 fully saturated rings. The summed E-state index contributed by atoms with van der Waals surface area (Å²) in [5.74, 6) is 0.928. The lowest BCUT2D eigenvalue weighted by atomic mass is 9.66. The topological polar surface area (TPSA) is 68.2 Å². The highest BCUT2D eigenvalue weighted by atomic mass is 19.1. The van der Waals surface area contributed by atoms with Crippen LogP contribution in [-0.2, 0) is 4.79 Å². The van der Waals surface area contributed by atoms with E-state index >= 15 is 0 Å². The number of benzene rings is 2. The number of nitrogens with zero attached hydrogens (tertiary/aromatic N) is 1. The summed E-state index contributed by atoms with van der Waals surface area (Å²) in [6, 6.07) is 9.53. The molecule has 34 heavy (non-hydrogen) atoms. The third kappa shape index (κ3) is 4.62. The molecule has 2 aromatic carbocycles. The van der Waals surface area contributed by atoms with E-state index in [1.54, 1.807) is 44.6 Å². The zero-order chi connectivity index (χ0) is 24.3. The average molecular weight is 470 g/mol. The molecule has 4 rings (SSSR count). The summed E-state index contributed by atoms with van der Waals surface area (Å²) in [4.78, 5) is 15.2. The van der Waals surface area contributed by atoms with Crippen molar-refractivity contribution < 1.29 is 28.5 Å². The van der Waals surface area contributed by atoms with Crippen LogP contribution in [0, 0.1) is 11.7 Å². The van der Waals surface area contributed by atoms with E-state index in [-0.39, 0.29) is 23.7 Å². The molecule has 1 aliphatic heterocycles. The van der Waals surface area contributed by atoms with Gasteiger partial charge in [-0.25, -0.2) is 4.39 Å². The molecule has 3 unspecified atom stereocenters. The third-order valence-corrected chi connectivity index (χ3v) is 7.17. The van der Waals surface area contributed by atoms with Crippen molar-refractivity contribution in [3.63, 3.8) is 0 Å². The number of rotatable bonds is 6. The molecule has 0 spiro atoms. The molecule has 1 amide bonds. The monoisotopic (exact) mass is 469 g/mol. The lowest BCUT2D eigenvalue weighted by Crippen LogP contribution is -2.56. The quantitative estimate of drug-likeness (QED) is 0.618. The largest absolute Gasteiger partial charge is 0.493 e. The van der Waals surface area contributed by atoms with Gasteiger partial charge >= 0.3 is 0 Å². The van der Waals surface area contributed by atoms with Gasteiger partial charge in [-0.05, 0) is 60.7 Å². The Bertz CT molecular complexity index is 1030. The van der Waals surface area contributed by atoms with Gasteiger partial charge in [0.1, 0.15) is 5.82 Å². The Kier molecular flexibility index (Phi) is 7.12. The summed E-state index contributed by atoms with van der Waals surface area (Å²) < 4.78 is 29.8. The molecule has 1 saturated heterocycles. The molecule has 3 atom stereocenters. The molecule has 1 saturated carbocycles. The number of halogens is 1. The number of amides is 1. The minimum Gasteiger partial charge on any atom is -0.493 e. The van der Waals surface area contributed by atoms with E-state index < -0.39 is 5.60 Å². The maximum atomic E-state index is 13.6. The molecule has 182 valence electrons. The minimum absolute atomic E-state index is 0.0843. The van der Waals surface area contributed by atoms with Crippen molar-refractivity contribution >= 4 is 12.0 Å². The van der Waals surface area contributed by atoms with Gasteiger partial charge in [-0.1, -0.05) is 25.0 Å². The first-order chi connectivity index (χ1) is 16.4. The van der Waals surface area contributed by atoms with E-state index in [2.05, 4.69) is 0 Å². The first-order valence-electron chi connectivity index (χ1n) is 11.7. The molecule has 2 aromatic rings. The Hall–Kier alpha value is -3.06. The number of piperidine rings is 1. The van der Waals surface area contributed by atoms with Crippen LogP contribution in [0.1, 0.15) is 49.3 Å². The summed E-state index contributed by atoms with van der Waals surface area (Å²) in [7, 11) is 4.63. The van der Waals surface area contributed by atoms with Crippen molar-refractivity contribution in [1.82, 2.24) is 4.90 Å². The SMILES string of the molecule is COc1cc(C=CC(=O)N2CCC3(O)CCCCC3C2c2ccc(F)cc2)cc(OC)c1OC. The molecule has 0 aromatic heterocycles. The van der Waals surface area contributed by atoms with Crippen LogP contribution in [0.25, 0.3) is 6.08 Å². The van der Waals surface area contributed by atoms with Crippen molar-refractivity contribution in [2.24, 2.45) is 5.92 Å². The molecule has 2 aliphatic rings. The Balaban J connectivity index is 1.65. The fourth-order valence-corrected chi connectivity index (χ4v) is 5.46. The van der Waals surface area contributed by atoms with E-state index in [1.807, 2.05) is 4.90 Å². The second kappa shape index (κ2) is 10.1. The molecule has 1 N–H and O–H groups in total. The highest BCUT2D eigenvalue weighted by Crippen LogP contribution is 2.49. The lowest BCUT2D eigenvalue weighted by molar-refractivity contribution is -0.150. The third-order valence-electron chi connectivity index (χ3n) is 7.17. The zero-order valence-corrected chi connectivity index (χ0v) is 19.9. The predicted octanol–water partition coefficient (Wildman–Crippen LogP) is 4.76. The van der Waals surface area contributed by atoms with Gasteiger partial charge in [-0.3, -0.25) is 4.79 Å². The number of methoxy groups -OCH3 is 3. The number of ether oxygens (including phenoxy) is 3. The number of carbonyl (C=O) groups excluding carboxylic acids is 1. The standard InChI is InChI=1S/C27H32FNO5/c1-32-22-16-18(17-23(33-2)26(22)34-3)7-12-24(30)29-15-14-27(31)13-5-4-6-21(27)25(29)19-8-10-20(28)11-9-19/h7-12,16-17,21,25,31H,4-6,13-15H2,1-3H3. The Morgan fingerprint density at radius 2 is 1.74 bits per heavy atom. The van der Waals surface area contributed by atoms with Crippen molar-refractivity contribution in [3.8, 4) is 17.2 Å². The molecule has 1 heterocycles. The van der Waals surface area contributed by atoms with Gasteiger partial charge in [-0.2, -0.15) is 0 Å². The maximum absolute atomic E-state index is 13.6. The highest BCUT2D eigenvalue weighted by molar-refractivity contribution is 5.92. The summed E-state index contributed by atoms with van der Waals surface area (Å²) in [5.41, 5.74) is 0.780. The van der Waals surface area contributed by atoms with Crippen LogP contribution in [0.5, 0.6) is 17.2 Å². The Labute approximate surface area is 199 Å². The number of likely N-dealkylation sites (tertiary alicyclic amines) is 1. The molecule has 6 nitrogen and oxygen atoms in total. The number of aliphatic hydroxyl groups is 1. The first kappa shape index (κ1) is 24.1. The fraction of sp³-hybridized carbons (Fsp3) is 0.444. The normalized spacial score (nSPS) is 24.6. The predicted molar refractivity (Wildman–Crippen MR) is 128 cm³/mol. The van der Waals surface area contributed by atoms with Crippen molar-refractivity contribution in [1.29, 1.82) is 0 Å². The van der Waals surface area contributed by atoms with Crippen LogP contribution < -0.4 is 14.2 Å². The van der Waals surface area contributed by atoms with Crippen LogP contribution in [0.2, 0.25) is 0 Å². The van der Waals surface area contributed by atoms with E-state index in [4.69, 9.17) is 14.2 Å². The Morgan fingerprint density at radius 1 is 1.06 bits per heavy atom. The molecular formula is C27H32FNO5. The van der Waals surface area contributed by atoms with E-state index in [0.29, 0.717) is 30.2 Å².